The number of esters is 2. The van der Waals surface area contributed by atoms with Gasteiger partial charge in [0.2, 0.25) is 0 Å². The first-order valence-electron chi connectivity index (χ1n) is 20.8. The molecule has 14 heteroatoms. The fourth-order valence-electron chi connectivity index (χ4n) is 4.93. The summed E-state index contributed by atoms with van der Waals surface area (Å²) in [6, 6.07) is -1.57. The predicted octanol–water partition coefficient (Wildman–Crippen LogP) is 8.66. The van der Waals surface area contributed by atoms with Gasteiger partial charge in [-0.15, -0.1) is 0 Å². The quantitative estimate of drug-likeness (QED) is 0.0130. The van der Waals surface area contributed by atoms with E-state index in [2.05, 4.69) is 54.8 Å². The number of nitrogens with two attached hydrogens (primary N) is 1. The van der Waals surface area contributed by atoms with Crippen LogP contribution in [-0.4, -0.2) is 82.3 Å². The molecule has 0 aromatic carbocycles. The smallest absolute Gasteiger partial charge is 0.472 e. The van der Waals surface area contributed by atoms with Crippen molar-refractivity contribution >= 4 is 25.7 Å². The first kappa shape index (κ1) is 54.6. The molecule has 0 aromatic rings. The van der Waals surface area contributed by atoms with Crippen molar-refractivity contribution in [3.05, 3.63) is 85.1 Å². The number of aliphatic carboxylic acids is 1. The highest BCUT2D eigenvalue weighted by Crippen LogP contribution is 2.43. The summed E-state index contributed by atoms with van der Waals surface area (Å²) in [6.45, 7) is 2.37. The van der Waals surface area contributed by atoms with E-state index in [1.807, 2.05) is 24.3 Å². The number of rotatable bonds is 37. The van der Waals surface area contributed by atoms with E-state index < -0.39 is 69.9 Å². The van der Waals surface area contributed by atoms with Crippen molar-refractivity contribution in [3.8, 4) is 0 Å². The zero-order valence-corrected chi connectivity index (χ0v) is 35.7. The fourth-order valence-corrected chi connectivity index (χ4v) is 5.71. The van der Waals surface area contributed by atoms with Crippen LogP contribution in [0.1, 0.15) is 129 Å². The molecule has 0 fully saturated rings. The highest BCUT2D eigenvalue weighted by molar-refractivity contribution is 7.47. The molecule has 5 atom stereocenters. The minimum Gasteiger partial charge on any atom is -0.480 e. The van der Waals surface area contributed by atoms with Crippen LogP contribution in [0.15, 0.2) is 85.1 Å². The van der Waals surface area contributed by atoms with Gasteiger partial charge in [0, 0.05) is 12.8 Å². The number of carbonyl (C=O) groups is 3. The molecule has 0 saturated heterocycles. The molecule has 58 heavy (non-hydrogen) atoms. The van der Waals surface area contributed by atoms with Crippen LogP contribution < -0.4 is 5.73 Å². The van der Waals surface area contributed by atoms with Crippen LogP contribution in [0.4, 0.5) is 0 Å². The molecule has 0 spiro atoms. The van der Waals surface area contributed by atoms with Gasteiger partial charge in [0.25, 0.3) is 0 Å². The fraction of sp³-hybridized carbons (Fsp3) is 0.614. The second-order valence-electron chi connectivity index (χ2n) is 13.8. The van der Waals surface area contributed by atoms with E-state index in [0.29, 0.717) is 25.7 Å². The van der Waals surface area contributed by atoms with Crippen LogP contribution >= 0.6 is 7.82 Å². The highest BCUT2D eigenvalue weighted by Gasteiger charge is 2.28. The minimum atomic E-state index is -4.79. The van der Waals surface area contributed by atoms with E-state index >= 15 is 0 Å². The van der Waals surface area contributed by atoms with Gasteiger partial charge in [-0.2, -0.15) is 0 Å². The Labute approximate surface area is 347 Å². The third kappa shape index (κ3) is 36.9. The molecular weight excluding hydrogens is 765 g/mol. The van der Waals surface area contributed by atoms with Crippen molar-refractivity contribution in [1.82, 2.24) is 0 Å². The molecule has 0 bridgehead atoms. The van der Waals surface area contributed by atoms with Crippen LogP contribution in [0.5, 0.6) is 0 Å². The number of carboxylic acid groups (broad SMARTS) is 1. The summed E-state index contributed by atoms with van der Waals surface area (Å²) < 4.78 is 32.4. The topological polar surface area (TPSA) is 212 Å². The van der Waals surface area contributed by atoms with Gasteiger partial charge in [-0.3, -0.25) is 23.4 Å². The van der Waals surface area contributed by atoms with Gasteiger partial charge in [-0.1, -0.05) is 131 Å². The Hall–Kier alpha value is -3.42. The van der Waals surface area contributed by atoms with Gasteiger partial charge in [0.05, 0.1) is 25.4 Å². The Balaban J connectivity index is 4.71. The lowest BCUT2D eigenvalue weighted by Gasteiger charge is -2.20. The Morgan fingerprint density at radius 3 is 1.71 bits per heavy atom. The molecule has 0 rings (SSSR count). The number of phosphoric ester groups is 1. The summed E-state index contributed by atoms with van der Waals surface area (Å²) in [5, 5.41) is 29.0. The van der Waals surface area contributed by atoms with Gasteiger partial charge in [-0.05, 0) is 70.6 Å². The number of carboxylic acids is 1. The number of ether oxygens (including phenoxy) is 2. The predicted molar refractivity (Wildman–Crippen MR) is 229 cm³/mol. The average Bonchev–Trinajstić information content (AvgIpc) is 3.18. The number of unbranched alkanes of at least 4 members (excludes halogenated alkanes) is 7. The Kier molecular flexibility index (Phi) is 35.6. The molecule has 330 valence electrons. The normalized spacial score (nSPS) is 15.7. The van der Waals surface area contributed by atoms with Gasteiger partial charge >= 0.3 is 25.7 Å². The molecule has 6 N–H and O–H groups in total. The third-order valence-electron chi connectivity index (χ3n) is 8.32. The standard InChI is InChI=1S/C44H72NO12P/c1-3-5-7-8-9-10-11-12-13-14-15-16-20-23-27-33-43(49)57-40(36-55-58(52,53)56-37-41(45)44(50)51)35-54-42(48)34-28-32-39(47)31-26-22-19-17-18-21-25-30-38(46)29-24-6-4-2/h9-10,12-13,15-16,18-19,21-22,25-26,30-31,38-41,46-47H,3-8,11,14,17,20,23-24,27-29,32-37,45H2,1-2H3,(H,50,51)(H,52,53)/b10-9-,13-12-,16-15-,21-18-,22-19-,30-25+,31-26+/t38-,39-,40+,41-/m0/s1. The third-order valence-corrected chi connectivity index (χ3v) is 9.27. The van der Waals surface area contributed by atoms with Gasteiger partial charge < -0.3 is 35.4 Å². The van der Waals surface area contributed by atoms with E-state index in [1.165, 1.54) is 19.3 Å². The number of aliphatic hydroxyl groups excluding tert-OH is 2. The number of carbonyl (C=O) groups excluding carboxylic acids is 2. The largest absolute Gasteiger partial charge is 0.480 e. The Morgan fingerprint density at radius 1 is 0.621 bits per heavy atom. The number of allylic oxidation sites excluding steroid dienone is 12. The second-order valence-corrected chi connectivity index (χ2v) is 15.3. The van der Waals surface area contributed by atoms with Crippen LogP contribution in [-0.2, 0) is 37.5 Å². The lowest BCUT2D eigenvalue weighted by Crippen LogP contribution is -2.34. The lowest BCUT2D eigenvalue weighted by molar-refractivity contribution is -0.161. The monoisotopic (exact) mass is 837 g/mol. The Morgan fingerprint density at radius 2 is 1.12 bits per heavy atom. The summed E-state index contributed by atoms with van der Waals surface area (Å²) >= 11 is 0. The van der Waals surface area contributed by atoms with E-state index in [4.69, 9.17) is 24.8 Å². The number of aliphatic hydroxyl groups is 2. The maximum atomic E-state index is 12.6. The van der Waals surface area contributed by atoms with Crippen molar-refractivity contribution in [2.75, 3.05) is 19.8 Å². The summed E-state index contributed by atoms with van der Waals surface area (Å²) in [4.78, 5) is 45.9. The van der Waals surface area contributed by atoms with E-state index in [1.54, 1.807) is 24.3 Å². The number of phosphoric acid groups is 1. The number of hydrogen-bond donors (Lipinski definition) is 5. The van der Waals surface area contributed by atoms with Crippen LogP contribution in [0.3, 0.4) is 0 Å². The molecule has 0 heterocycles. The summed E-state index contributed by atoms with van der Waals surface area (Å²) in [7, 11) is -4.79. The molecular formula is C44H72NO12P. The van der Waals surface area contributed by atoms with Crippen molar-refractivity contribution in [1.29, 1.82) is 0 Å². The van der Waals surface area contributed by atoms with Crippen LogP contribution in [0.25, 0.3) is 0 Å². The molecule has 0 aliphatic heterocycles. The zero-order chi connectivity index (χ0) is 43.1. The van der Waals surface area contributed by atoms with Crippen molar-refractivity contribution in [3.63, 3.8) is 0 Å². The Bertz CT molecular complexity index is 1340. The van der Waals surface area contributed by atoms with Crippen molar-refractivity contribution < 1.29 is 57.7 Å². The maximum absolute atomic E-state index is 12.6. The first-order chi connectivity index (χ1) is 27.9. The lowest BCUT2D eigenvalue weighted by atomic mass is 10.1. The summed E-state index contributed by atoms with van der Waals surface area (Å²) in [6.07, 6.45) is 38.7. The first-order valence-corrected chi connectivity index (χ1v) is 22.3. The molecule has 0 aliphatic carbocycles. The van der Waals surface area contributed by atoms with E-state index in [0.717, 1.165) is 57.8 Å². The van der Waals surface area contributed by atoms with Crippen LogP contribution in [0, 0.1) is 0 Å². The zero-order valence-electron chi connectivity index (χ0n) is 34.8. The van der Waals surface area contributed by atoms with E-state index in [-0.39, 0.29) is 12.8 Å². The molecule has 0 radical (unpaired) electrons. The average molecular weight is 838 g/mol. The molecule has 1 unspecified atom stereocenters. The van der Waals surface area contributed by atoms with Crippen LogP contribution in [0.2, 0.25) is 0 Å². The summed E-state index contributed by atoms with van der Waals surface area (Å²) in [5.41, 5.74) is 5.31. The molecule has 13 nitrogen and oxygen atoms in total. The highest BCUT2D eigenvalue weighted by atomic mass is 31.2. The number of hydrogen-bond acceptors (Lipinski definition) is 11. The van der Waals surface area contributed by atoms with Crippen molar-refractivity contribution in [2.45, 2.75) is 154 Å². The second kappa shape index (κ2) is 37.8. The molecule has 0 saturated carbocycles. The van der Waals surface area contributed by atoms with Gasteiger partial charge in [0.15, 0.2) is 6.10 Å². The molecule has 0 aliphatic rings. The molecule has 0 amide bonds. The molecule has 0 aromatic heterocycles. The maximum Gasteiger partial charge on any atom is 0.472 e. The SMILES string of the molecule is CCCCC/C=C\C/C=C\C/C=C\CCCCC(=O)O[C@H](COC(=O)CCC[C@@H](O)/C=C/C=C\C/C=C\C=C\[C@@H](O)CCCCC)COP(=O)(O)OC[C@H](N)C(=O)O. The minimum absolute atomic E-state index is 0.0396. The summed E-state index contributed by atoms with van der Waals surface area (Å²) in [5.74, 6) is -2.70. The van der Waals surface area contributed by atoms with Crippen molar-refractivity contribution in [2.24, 2.45) is 5.73 Å². The van der Waals surface area contributed by atoms with E-state index in [9.17, 15) is 34.1 Å². The van der Waals surface area contributed by atoms with Gasteiger partial charge in [-0.25, -0.2) is 4.57 Å². The van der Waals surface area contributed by atoms with Gasteiger partial charge in [0.1, 0.15) is 12.6 Å².